The fourth-order valence-corrected chi connectivity index (χ4v) is 1.44. The van der Waals surface area contributed by atoms with Gasteiger partial charge in [-0.15, -0.1) is 0 Å². The van der Waals surface area contributed by atoms with E-state index in [1.807, 2.05) is 0 Å². The Hall–Kier alpha value is -2.17. The van der Waals surface area contributed by atoms with E-state index in [1.54, 1.807) is 13.8 Å². The van der Waals surface area contributed by atoms with Crippen molar-refractivity contribution in [2.24, 2.45) is 0 Å². The van der Waals surface area contributed by atoms with Crippen molar-refractivity contribution in [3.05, 3.63) is 34.4 Å². The van der Waals surface area contributed by atoms with Crippen LogP contribution in [0.3, 0.4) is 0 Å². The third-order valence-electron chi connectivity index (χ3n) is 2.53. The van der Waals surface area contributed by atoms with Crippen molar-refractivity contribution >= 4 is 17.7 Å². The van der Waals surface area contributed by atoms with Gasteiger partial charge in [-0.25, -0.2) is 9.59 Å². The first-order valence-electron chi connectivity index (χ1n) is 4.85. The number of ether oxygens (including phenoxy) is 1. The van der Waals surface area contributed by atoms with Gasteiger partial charge in [0, 0.05) is 5.56 Å². The molecular weight excluding hydrogens is 224 g/mol. The number of hydrogen-bond donors (Lipinski definition) is 1. The van der Waals surface area contributed by atoms with E-state index in [0.717, 1.165) is 0 Å². The third-order valence-corrected chi connectivity index (χ3v) is 2.53. The van der Waals surface area contributed by atoms with Crippen LogP contribution in [-0.4, -0.2) is 29.9 Å². The molecule has 5 heteroatoms. The quantitative estimate of drug-likeness (QED) is 0.487. The molecular formula is C12H12O5. The van der Waals surface area contributed by atoms with Gasteiger partial charge in [-0.1, -0.05) is 0 Å². The number of carbonyl (C=O) groups is 3. The average molecular weight is 236 g/mol. The highest BCUT2D eigenvalue weighted by molar-refractivity contribution is 6.40. The molecule has 0 bridgehead atoms. The van der Waals surface area contributed by atoms with Crippen LogP contribution in [-0.2, 0) is 9.53 Å². The predicted octanol–water partition coefficient (Wildman–Crippen LogP) is 1.36. The Labute approximate surface area is 98.0 Å². The van der Waals surface area contributed by atoms with E-state index in [9.17, 15) is 14.4 Å². The summed E-state index contributed by atoms with van der Waals surface area (Å²) in [6.45, 7) is 3.40. The second-order valence-corrected chi connectivity index (χ2v) is 3.59. The van der Waals surface area contributed by atoms with Crippen LogP contribution in [0.15, 0.2) is 12.1 Å². The van der Waals surface area contributed by atoms with Gasteiger partial charge in [0.2, 0.25) is 0 Å². The van der Waals surface area contributed by atoms with Crippen LogP contribution >= 0.6 is 0 Å². The largest absolute Gasteiger partial charge is 0.475 e. The lowest BCUT2D eigenvalue weighted by molar-refractivity contribution is -0.131. The summed E-state index contributed by atoms with van der Waals surface area (Å²) in [6.07, 6.45) is 0. The zero-order valence-corrected chi connectivity index (χ0v) is 9.73. The fraction of sp³-hybridized carbons (Fsp3) is 0.250. The molecule has 0 aliphatic carbocycles. The number of benzene rings is 1. The van der Waals surface area contributed by atoms with Crippen molar-refractivity contribution in [3.63, 3.8) is 0 Å². The number of ketones is 1. The maximum absolute atomic E-state index is 11.5. The number of rotatable bonds is 3. The molecule has 0 fully saturated rings. The highest BCUT2D eigenvalue weighted by Crippen LogP contribution is 2.17. The first-order valence-corrected chi connectivity index (χ1v) is 4.85. The molecule has 17 heavy (non-hydrogen) atoms. The molecule has 90 valence electrons. The van der Waals surface area contributed by atoms with Crippen molar-refractivity contribution in [2.75, 3.05) is 7.11 Å². The number of methoxy groups -OCH3 is 1. The summed E-state index contributed by atoms with van der Waals surface area (Å²) in [6, 6.07) is 2.68. The van der Waals surface area contributed by atoms with E-state index in [1.165, 1.54) is 19.2 Å². The van der Waals surface area contributed by atoms with Crippen LogP contribution in [0.5, 0.6) is 0 Å². The second kappa shape index (κ2) is 4.78. The summed E-state index contributed by atoms with van der Waals surface area (Å²) in [7, 11) is 1.22. The van der Waals surface area contributed by atoms with Gasteiger partial charge in [0.15, 0.2) is 0 Å². The molecule has 0 amide bonds. The minimum Gasteiger partial charge on any atom is -0.475 e. The Kier molecular flexibility index (Phi) is 3.62. The van der Waals surface area contributed by atoms with Crippen molar-refractivity contribution in [1.29, 1.82) is 0 Å². The maximum atomic E-state index is 11.5. The Morgan fingerprint density at radius 2 is 1.76 bits per heavy atom. The molecule has 1 aromatic carbocycles. The fourth-order valence-electron chi connectivity index (χ4n) is 1.44. The molecule has 0 unspecified atom stereocenters. The Morgan fingerprint density at radius 3 is 2.24 bits per heavy atom. The number of carboxylic acids is 1. The van der Waals surface area contributed by atoms with E-state index in [2.05, 4.69) is 4.74 Å². The number of aliphatic carboxylic acids is 1. The van der Waals surface area contributed by atoms with Crippen LogP contribution in [0, 0.1) is 13.8 Å². The molecule has 1 rings (SSSR count). The third kappa shape index (κ3) is 2.50. The molecule has 0 heterocycles. The lowest BCUT2D eigenvalue weighted by Gasteiger charge is -2.08. The van der Waals surface area contributed by atoms with E-state index in [-0.39, 0.29) is 11.1 Å². The second-order valence-electron chi connectivity index (χ2n) is 3.59. The van der Waals surface area contributed by atoms with E-state index in [0.29, 0.717) is 11.1 Å². The number of carboxylic acid groups (broad SMARTS) is 1. The predicted molar refractivity (Wildman–Crippen MR) is 59.2 cm³/mol. The first-order chi connectivity index (χ1) is 7.88. The molecule has 1 N–H and O–H groups in total. The summed E-state index contributed by atoms with van der Waals surface area (Å²) in [5.41, 5.74) is 1.51. The summed E-state index contributed by atoms with van der Waals surface area (Å²) in [4.78, 5) is 33.4. The topological polar surface area (TPSA) is 80.7 Å². The molecule has 5 nitrogen and oxygen atoms in total. The Balaban J connectivity index is 3.38. The molecule has 0 saturated heterocycles. The average Bonchev–Trinajstić information content (AvgIpc) is 2.30. The molecule has 0 saturated carbocycles. The van der Waals surface area contributed by atoms with Crippen LogP contribution in [0.2, 0.25) is 0 Å². The highest BCUT2D eigenvalue weighted by atomic mass is 16.5. The summed E-state index contributed by atoms with van der Waals surface area (Å²) in [5.74, 6) is -3.19. The Bertz CT molecular complexity index is 502. The van der Waals surface area contributed by atoms with E-state index >= 15 is 0 Å². The van der Waals surface area contributed by atoms with Gasteiger partial charge >= 0.3 is 11.9 Å². The maximum Gasteiger partial charge on any atom is 0.377 e. The van der Waals surface area contributed by atoms with E-state index in [4.69, 9.17) is 5.11 Å². The lowest BCUT2D eigenvalue weighted by Crippen LogP contribution is -2.15. The van der Waals surface area contributed by atoms with Crippen molar-refractivity contribution in [2.45, 2.75) is 13.8 Å². The zero-order valence-electron chi connectivity index (χ0n) is 9.73. The monoisotopic (exact) mass is 236 g/mol. The minimum atomic E-state index is -1.55. The van der Waals surface area contributed by atoms with Gasteiger partial charge in [-0.2, -0.15) is 0 Å². The zero-order chi connectivity index (χ0) is 13.2. The smallest absolute Gasteiger partial charge is 0.377 e. The SMILES string of the molecule is COC(=O)c1cc(C(=O)C(=O)O)cc(C)c1C. The molecule has 0 aliphatic rings. The van der Waals surface area contributed by atoms with Gasteiger partial charge in [-0.3, -0.25) is 4.79 Å². The molecule has 0 aliphatic heterocycles. The van der Waals surface area contributed by atoms with Gasteiger partial charge in [0.1, 0.15) is 0 Å². The molecule has 0 spiro atoms. The highest BCUT2D eigenvalue weighted by Gasteiger charge is 2.19. The van der Waals surface area contributed by atoms with Crippen molar-refractivity contribution in [1.82, 2.24) is 0 Å². The van der Waals surface area contributed by atoms with E-state index < -0.39 is 17.7 Å². The minimum absolute atomic E-state index is 0.0269. The number of carbonyl (C=O) groups excluding carboxylic acids is 2. The standard InChI is InChI=1S/C12H12O5/c1-6-4-8(10(13)11(14)15)5-9(7(6)2)12(16)17-3/h4-5H,1-3H3,(H,14,15). The van der Waals surface area contributed by atoms with Gasteiger partial charge in [0.25, 0.3) is 5.78 Å². The first kappa shape index (κ1) is 12.9. The van der Waals surface area contributed by atoms with Crippen molar-refractivity contribution < 1.29 is 24.2 Å². The number of hydrogen-bond acceptors (Lipinski definition) is 4. The van der Waals surface area contributed by atoms with Gasteiger partial charge < -0.3 is 9.84 Å². The van der Waals surface area contributed by atoms with Gasteiger partial charge in [-0.05, 0) is 37.1 Å². The lowest BCUT2D eigenvalue weighted by atomic mass is 9.97. The van der Waals surface area contributed by atoms with Crippen LogP contribution in [0.1, 0.15) is 31.8 Å². The Morgan fingerprint density at radius 1 is 1.18 bits per heavy atom. The van der Waals surface area contributed by atoms with Crippen LogP contribution < -0.4 is 0 Å². The molecule has 0 atom stereocenters. The van der Waals surface area contributed by atoms with Gasteiger partial charge in [0.05, 0.1) is 12.7 Å². The summed E-state index contributed by atoms with van der Waals surface area (Å²) in [5, 5.41) is 8.62. The molecule has 1 aromatic rings. The van der Waals surface area contributed by atoms with Crippen LogP contribution in [0.4, 0.5) is 0 Å². The van der Waals surface area contributed by atoms with Crippen molar-refractivity contribution in [3.8, 4) is 0 Å². The number of esters is 1. The summed E-state index contributed by atoms with van der Waals surface area (Å²) < 4.78 is 4.57. The number of aryl methyl sites for hydroxylation is 1. The van der Waals surface area contributed by atoms with Crippen LogP contribution in [0.25, 0.3) is 0 Å². The molecule has 0 radical (unpaired) electrons. The normalized spacial score (nSPS) is 9.82. The summed E-state index contributed by atoms with van der Waals surface area (Å²) >= 11 is 0. The molecule has 0 aromatic heterocycles. The number of Topliss-reactive ketones (excluding diaryl/α,β-unsaturated/α-hetero) is 1.